The van der Waals surface area contributed by atoms with Gasteiger partial charge < -0.3 is 5.32 Å². The zero-order valence-electron chi connectivity index (χ0n) is 8.24. The third-order valence-corrected chi connectivity index (χ3v) is 2.76. The fourth-order valence-electron chi connectivity index (χ4n) is 1.28. The van der Waals surface area contributed by atoms with Crippen molar-refractivity contribution < 1.29 is 0 Å². The van der Waals surface area contributed by atoms with Crippen molar-refractivity contribution in [2.45, 2.75) is 0 Å². The standard InChI is InChI=1S/C11H10BrN3/c1-13-11-7-6-10(14-15-11)8-4-2-3-5-9(8)12/h2-7H,1H3,(H,13,15). The number of hydrogen-bond acceptors (Lipinski definition) is 3. The van der Waals surface area contributed by atoms with E-state index in [0.29, 0.717) is 0 Å². The topological polar surface area (TPSA) is 37.8 Å². The van der Waals surface area contributed by atoms with E-state index in [4.69, 9.17) is 0 Å². The van der Waals surface area contributed by atoms with Gasteiger partial charge in [-0.15, -0.1) is 10.2 Å². The van der Waals surface area contributed by atoms with E-state index in [1.165, 1.54) is 0 Å². The summed E-state index contributed by atoms with van der Waals surface area (Å²) in [5.41, 5.74) is 1.91. The summed E-state index contributed by atoms with van der Waals surface area (Å²) in [7, 11) is 1.82. The molecule has 0 fully saturated rings. The summed E-state index contributed by atoms with van der Waals surface area (Å²) in [5, 5.41) is 11.1. The minimum atomic E-state index is 0.769. The van der Waals surface area contributed by atoms with Crippen molar-refractivity contribution in [3.05, 3.63) is 40.9 Å². The lowest BCUT2D eigenvalue weighted by Crippen LogP contribution is -1.95. The summed E-state index contributed by atoms with van der Waals surface area (Å²) >= 11 is 3.49. The van der Waals surface area contributed by atoms with Crippen molar-refractivity contribution in [3.63, 3.8) is 0 Å². The second-order valence-corrected chi connectivity index (χ2v) is 3.89. The maximum absolute atomic E-state index is 4.14. The molecule has 0 aliphatic rings. The van der Waals surface area contributed by atoms with Gasteiger partial charge in [0.1, 0.15) is 5.82 Å². The Morgan fingerprint density at radius 2 is 1.87 bits per heavy atom. The molecule has 0 bridgehead atoms. The minimum absolute atomic E-state index is 0.769. The zero-order chi connectivity index (χ0) is 10.7. The van der Waals surface area contributed by atoms with Gasteiger partial charge in [0.2, 0.25) is 0 Å². The van der Waals surface area contributed by atoms with Crippen LogP contribution in [0.4, 0.5) is 5.82 Å². The average molecular weight is 264 g/mol. The number of hydrogen-bond donors (Lipinski definition) is 1. The van der Waals surface area contributed by atoms with E-state index in [1.807, 2.05) is 43.4 Å². The van der Waals surface area contributed by atoms with Gasteiger partial charge >= 0.3 is 0 Å². The van der Waals surface area contributed by atoms with Gasteiger partial charge in [0.25, 0.3) is 0 Å². The molecular weight excluding hydrogens is 254 g/mol. The highest BCUT2D eigenvalue weighted by molar-refractivity contribution is 9.10. The summed E-state index contributed by atoms with van der Waals surface area (Å²) in [6, 6.07) is 11.8. The van der Waals surface area contributed by atoms with E-state index in [1.54, 1.807) is 0 Å². The number of nitrogens with one attached hydrogen (secondary N) is 1. The van der Waals surface area contributed by atoms with Crippen LogP contribution in [0.15, 0.2) is 40.9 Å². The number of halogens is 1. The highest BCUT2D eigenvalue weighted by Crippen LogP contribution is 2.25. The molecule has 0 saturated heterocycles. The van der Waals surface area contributed by atoms with E-state index < -0.39 is 0 Å². The van der Waals surface area contributed by atoms with E-state index >= 15 is 0 Å². The van der Waals surface area contributed by atoms with Crippen LogP contribution in [0.1, 0.15) is 0 Å². The van der Waals surface area contributed by atoms with Crippen LogP contribution in [0.2, 0.25) is 0 Å². The molecule has 0 aliphatic heterocycles. The Morgan fingerprint density at radius 3 is 2.47 bits per heavy atom. The third-order valence-electron chi connectivity index (χ3n) is 2.07. The summed E-state index contributed by atoms with van der Waals surface area (Å²) in [5.74, 6) is 0.769. The quantitative estimate of drug-likeness (QED) is 0.906. The van der Waals surface area contributed by atoms with E-state index in [-0.39, 0.29) is 0 Å². The molecule has 4 heteroatoms. The van der Waals surface area contributed by atoms with Gasteiger partial charge in [0.05, 0.1) is 5.69 Å². The molecule has 0 radical (unpaired) electrons. The Kier molecular flexibility index (Phi) is 2.97. The van der Waals surface area contributed by atoms with Crippen molar-refractivity contribution in [2.24, 2.45) is 0 Å². The van der Waals surface area contributed by atoms with Crippen molar-refractivity contribution in [2.75, 3.05) is 12.4 Å². The normalized spacial score (nSPS) is 10.0. The highest BCUT2D eigenvalue weighted by atomic mass is 79.9. The van der Waals surface area contributed by atoms with Crippen LogP contribution in [-0.4, -0.2) is 17.2 Å². The Hall–Kier alpha value is -1.42. The molecular formula is C11H10BrN3. The maximum Gasteiger partial charge on any atom is 0.148 e. The molecule has 76 valence electrons. The zero-order valence-corrected chi connectivity index (χ0v) is 9.82. The monoisotopic (exact) mass is 263 g/mol. The molecule has 1 aromatic carbocycles. The highest BCUT2D eigenvalue weighted by Gasteiger charge is 2.03. The lowest BCUT2D eigenvalue weighted by atomic mass is 10.1. The van der Waals surface area contributed by atoms with Gasteiger partial charge in [0, 0.05) is 17.1 Å². The van der Waals surface area contributed by atoms with Crippen molar-refractivity contribution in [1.29, 1.82) is 0 Å². The Bertz CT molecular complexity index is 454. The first-order valence-corrected chi connectivity index (χ1v) is 5.37. The SMILES string of the molecule is CNc1ccc(-c2ccccc2Br)nn1. The third kappa shape index (κ3) is 2.15. The molecule has 15 heavy (non-hydrogen) atoms. The first-order valence-electron chi connectivity index (χ1n) is 4.57. The molecule has 1 heterocycles. The fourth-order valence-corrected chi connectivity index (χ4v) is 1.77. The lowest BCUT2D eigenvalue weighted by molar-refractivity contribution is 1.04. The smallest absolute Gasteiger partial charge is 0.148 e. The average Bonchev–Trinajstić information content (AvgIpc) is 2.30. The van der Waals surface area contributed by atoms with Crippen LogP contribution in [0.5, 0.6) is 0 Å². The van der Waals surface area contributed by atoms with Crippen LogP contribution < -0.4 is 5.32 Å². The summed E-state index contributed by atoms with van der Waals surface area (Å²) in [4.78, 5) is 0. The van der Waals surface area contributed by atoms with E-state index in [9.17, 15) is 0 Å². The minimum Gasteiger partial charge on any atom is -0.372 e. The molecule has 1 aromatic heterocycles. The summed E-state index contributed by atoms with van der Waals surface area (Å²) in [6.07, 6.45) is 0. The van der Waals surface area contributed by atoms with Crippen LogP contribution in [0, 0.1) is 0 Å². The van der Waals surface area contributed by atoms with Crippen LogP contribution in [-0.2, 0) is 0 Å². The van der Waals surface area contributed by atoms with Crippen molar-refractivity contribution in [1.82, 2.24) is 10.2 Å². The second kappa shape index (κ2) is 4.40. The first-order chi connectivity index (χ1) is 7.31. The van der Waals surface area contributed by atoms with Crippen LogP contribution in [0.25, 0.3) is 11.3 Å². The number of aromatic nitrogens is 2. The van der Waals surface area contributed by atoms with E-state index in [2.05, 4.69) is 31.4 Å². The largest absolute Gasteiger partial charge is 0.372 e. The number of nitrogens with zero attached hydrogens (tertiary/aromatic N) is 2. The second-order valence-electron chi connectivity index (χ2n) is 3.03. The molecule has 2 aromatic rings. The van der Waals surface area contributed by atoms with Gasteiger partial charge in [0.15, 0.2) is 0 Å². The fraction of sp³-hybridized carbons (Fsp3) is 0.0909. The Balaban J connectivity index is 2.42. The van der Waals surface area contributed by atoms with Crippen LogP contribution >= 0.6 is 15.9 Å². The molecule has 0 atom stereocenters. The van der Waals surface area contributed by atoms with E-state index in [0.717, 1.165) is 21.5 Å². The molecule has 2 rings (SSSR count). The van der Waals surface area contributed by atoms with Gasteiger partial charge in [-0.3, -0.25) is 0 Å². The van der Waals surface area contributed by atoms with Gasteiger partial charge in [-0.05, 0) is 18.2 Å². The Morgan fingerprint density at radius 1 is 1.07 bits per heavy atom. The molecule has 0 spiro atoms. The predicted molar refractivity (Wildman–Crippen MR) is 64.7 cm³/mol. The number of rotatable bonds is 2. The summed E-state index contributed by atoms with van der Waals surface area (Å²) < 4.78 is 1.02. The Labute approximate surface area is 96.7 Å². The van der Waals surface area contributed by atoms with Gasteiger partial charge in [-0.2, -0.15) is 0 Å². The summed E-state index contributed by atoms with van der Waals surface area (Å²) in [6.45, 7) is 0. The first kappa shape index (κ1) is 10.1. The molecule has 0 unspecified atom stereocenters. The lowest BCUT2D eigenvalue weighted by Gasteiger charge is -2.03. The van der Waals surface area contributed by atoms with Gasteiger partial charge in [-0.1, -0.05) is 34.1 Å². The van der Waals surface area contributed by atoms with Gasteiger partial charge in [-0.25, -0.2) is 0 Å². The van der Waals surface area contributed by atoms with Crippen molar-refractivity contribution >= 4 is 21.7 Å². The molecule has 3 nitrogen and oxygen atoms in total. The maximum atomic E-state index is 4.14. The molecule has 0 aliphatic carbocycles. The number of benzene rings is 1. The van der Waals surface area contributed by atoms with Crippen LogP contribution in [0.3, 0.4) is 0 Å². The molecule has 0 amide bonds. The number of anilines is 1. The van der Waals surface area contributed by atoms with Crippen molar-refractivity contribution in [3.8, 4) is 11.3 Å². The predicted octanol–water partition coefficient (Wildman–Crippen LogP) is 2.95. The molecule has 1 N–H and O–H groups in total. The molecule has 0 saturated carbocycles.